The number of hydrogen-bond acceptors (Lipinski definition) is 2. The molecule has 0 amide bonds. The highest BCUT2D eigenvalue weighted by molar-refractivity contribution is 5.40. The van der Waals surface area contributed by atoms with E-state index in [2.05, 4.69) is 46.8 Å². The van der Waals surface area contributed by atoms with Crippen molar-refractivity contribution in [1.29, 1.82) is 0 Å². The molecular formula is C34H56O2. The molecule has 3 aliphatic carbocycles. The number of aromatic hydroxyl groups is 1. The Kier molecular flexibility index (Phi) is 9.51. The summed E-state index contributed by atoms with van der Waals surface area (Å²) in [7, 11) is 0. The maximum absolute atomic E-state index is 10.9. The van der Waals surface area contributed by atoms with Gasteiger partial charge in [0.25, 0.3) is 0 Å². The molecule has 2 heteroatoms. The maximum Gasteiger partial charge on any atom is 0.115 e. The van der Waals surface area contributed by atoms with Gasteiger partial charge in [-0.2, -0.15) is 0 Å². The fourth-order valence-electron chi connectivity index (χ4n) is 8.74. The van der Waals surface area contributed by atoms with Crippen LogP contribution in [0.4, 0.5) is 0 Å². The average Bonchev–Trinajstić information content (AvgIpc) is 3.12. The van der Waals surface area contributed by atoms with E-state index in [1.54, 1.807) is 0 Å². The van der Waals surface area contributed by atoms with Crippen LogP contribution < -0.4 is 0 Å². The van der Waals surface area contributed by atoms with E-state index < -0.39 is 0 Å². The van der Waals surface area contributed by atoms with Crippen molar-refractivity contribution in [2.45, 2.75) is 137 Å². The van der Waals surface area contributed by atoms with E-state index in [1.807, 2.05) is 6.07 Å². The Bertz CT molecular complexity index is 830. The molecule has 8 atom stereocenters. The SMILES string of the molecule is CC(C)CCC[C@@H](C)CCC[C@@H](C)CCC[C@@H]1Cc2cc(O)ccc2[C@@H]2CC[C@@]3(C)C(CC[C@@H]3O)C12. The summed E-state index contributed by atoms with van der Waals surface area (Å²) in [5.74, 6) is 5.67. The Morgan fingerprint density at radius 1 is 0.889 bits per heavy atom. The second-order valence-corrected chi connectivity index (χ2v) is 14.2. The standard InChI is InChI=1S/C34H56O2/c1-23(2)9-6-10-24(3)11-7-12-25(4)13-8-14-26-21-27-22-28(35)15-16-29(27)30-19-20-34(5)31(33(26)30)17-18-32(34)36/h15-16,22-26,30-33,35-36H,6-14,17-21H2,1-5H3/t24-,25-,26-,30+,31?,32+,33?,34+/m1/s1. The monoisotopic (exact) mass is 496 g/mol. The molecule has 0 aliphatic heterocycles. The van der Waals surface area contributed by atoms with Crippen molar-refractivity contribution in [2.75, 3.05) is 0 Å². The summed E-state index contributed by atoms with van der Waals surface area (Å²) in [6.07, 6.45) is 17.9. The first-order valence-electron chi connectivity index (χ1n) is 15.7. The second kappa shape index (κ2) is 12.2. The minimum absolute atomic E-state index is 0.113. The van der Waals surface area contributed by atoms with Gasteiger partial charge in [-0.05, 0) is 109 Å². The number of phenolic OH excluding ortho intramolecular Hbond substituents is 1. The Hall–Kier alpha value is -1.02. The number of benzene rings is 1. The largest absolute Gasteiger partial charge is 0.508 e. The molecular weight excluding hydrogens is 440 g/mol. The molecule has 2 N–H and O–H groups in total. The highest BCUT2D eigenvalue weighted by atomic mass is 16.3. The molecule has 0 heterocycles. The molecule has 2 fully saturated rings. The van der Waals surface area contributed by atoms with Gasteiger partial charge in [-0.15, -0.1) is 0 Å². The molecule has 1 aromatic rings. The zero-order valence-corrected chi connectivity index (χ0v) is 24.1. The summed E-state index contributed by atoms with van der Waals surface area (Å²) < 4.78 is 0. The van der Waals surface area contributed by atoms with E-state index in [0.29, 0.717) is 29.4 Å². The number of aliphatic hydroxyl groups excluding tert-OH is 1. The summed E-state index contributed by atoms with van der Waals surface area (Å²) in [4.78, 5) is 0. The van der Waals surface area contributed by atoms with Crippen LogP contribution in [-0.4, -0.2) is 16.3 Å². The van der Waals surface area contributed by atoms with Gasteiger partial charge >= 0.3 is 0 Å². The van der Waals surface area contributed by atoms with Gasteiger partial charge in [0, 0.05) is 0 Å². The first kappa shape index (κ1) is 28.0. The molecule has 0 bridgehead atoms. The van der Waals surface area contributed by atoms with Crippen molar-refractivity contribution >= 4 is 0 Å². The van der Waals surface area contributed by atoms with Crippen molar-refractivity contribution < 1.29 is 10.2 Å². The van der Waals surface area contributed by atoms with Crippen LogP contribution in [0, 0.1) is 40.9 Å². The molecule has 2 saturated carbocycles. The Labute approximate surface area is 222 Å². The predicted octanol–water partition coefficient (Wildman–Crippen LogP) is 9.27. The average molecular weight is 497 g/mol. The molecule has 0 spiro atoms. The number of hydrogen-bond donors (Lipinski definition) is 2. The molecule has 0 saturated heterocycles. The number of rotatable bonds is 12. The summed E-state index contributed by atoms with van der Waals surface area (Å²) in [6.45, 7) is 12.0. The van der Waals surface area contributed by atoms with Gasteiger partial charge in [-0.25, -0.2) is 0 Å². The van der Waals surface area contributed by atoms with Crippen LogP contribution in [0.3, 0.4) is 0 Å². The van der Waals surface area contributed by atoms with E-state index in [0.717, 1.165) is 37.0 Å². The molecule has 2 unspecified atom stereocenters. The molecule has 36 heavy (non-hydrogen) atoms. The van der Waals surface area contributed by atoms with Crippen LogP contribution in [0.2, 0.25) is 0 Å². The van der Waals surface area contributed by atoms with Gasteiger partial charge in [-0.1, -0.05) is 92.1 Å². The zero-order valence-electron chi connectivity index (χ0n) is 24.1. The Balaban J connectivity index is 1.31. The van der Waals surface area contributed by atoms with Gasteiger partial charge in [0.15, 0.2) is 0 Å². The number of aliphatic hydroxyl groups is 1. The quantitative estimate of drug-likeness (QED) is 0.303. The highest BCUT2D eigenvalue weighted by Gasteiger charge is 2.56. The van der Waals surface area contributed by atoms with Crippen molar-refractivity contribution in [3.8, 4) is 5.75 Å². The molecule has 2 nitrogen and oxygen atoms in total. The molecule has 204 valence electrons. The van der Waals surface area contributed by atoms with Gasteiger partial charge < -0.3 is 10.2 Å². The van der Waals surface area contributed by atoms with E-state index in [9.17, 15) is 10.2 Å². The fraction of sp³-hybridized carbons (Fsp3) is 0.824. The summed E-state index contributed by atoms with van der Waals surface area (Å²) in [6, 6.07) is 6.18. The molecule has 0 aromatic heterocycles. The predicted molar refractivity (Wildman–Crippen MR) is 152 cm³/mol. The Morgan fingerprint density at radius 2 is 1.56 bits per heavy atom. The smallest absolute Gasteiger partial charge is 0.115 e. The maximum atomic E-state index is 10.9. The number of fused-ring (bicyclic) bond motifs is 5. The van der Waals surface area contributed by atoms with Gasteiger partial charge in [0.05, 0.1) is 6.10 Å². The zero-order chi connectivity index (χ0) is 25.9. The van der Waals surface area contributed by atoms with Gasteiger partial charge in [-0.3, -0.25) is 0 Å². The first-order chi connectivity index (χ1) is 17.2. The van der Waals surface area contributed by atoms with Crippen LogP contribution >= 0.6 is 0 Å². The van der Waals surface area contributed by atoms with Gasteiger partial charge in [0.2, 0.25) is 0 Å². The lowest BCUT2D eigenvalue weighted by atomic mass is 9.52. The van der Waals surface area contributed by atoms with Gasteiger partial charge in [0.1, 0.15) is 5.75 Å². The molecule has 1 aromatic carbocycles. The normalized spacial score (nSPS) is 33.1. The van der Waals surface area contributed by atoms with Crippen molar-refractivity contribution in [1.82, 2.24) is 0 Å². The third-order valence-electron chi connectivity index (χ3n) is 11.0. The van der Waals surface area contributed by atoms with Crippen molar-refractivity contribution in [3.63, 3.8) is 0 Å². The minimum atomic E-state index is -0.113. The van der Waals surface area contributed by atoms with Crippen molar-refractivity contribution in [3.05, 3.63) is 29.3 Å². The third kappa shape index (κ3) is 6.33. The molecule has 0 radical (unpaired) electrons. The van der Waals surface area contributed by atoms with E-state index >= 15 is 0 Å². The second-order valence-electron chi connectivity index (χ2n) is 14.2. The molecule has 4 rings (SSSR count). The van der Waals surface area contributed by atoms with E-state index in [4.69, 9.17) is 0 Å². The fourth-order valence-corrected chi connectivity index (χ4v) is 8.74. The lowest BCUT2D eigenvalue weighted by molar-refractivity contribution is -0.0397. The Morgan fingerprint density at radius 3 is 2.25 bits per heavy atom. The topological polar surface area (TPSA) is 40.5 Å². The summed E-state index contributed by atoms with van der Waals surface area (Å²) in [5, 5.41) is 21.1. The van der Waals surface area contributed by atoms with Crippen LogP contribution in [0.1, 0.15) is 135 Å². The van der Waals surface area contributed by atoms with Crippen molar-refractivity contribution in [2.24, 2.45) is 40.9 Å². The van der Waals surface area contributed by atoms with Crippen LogP contribution in [0.15, 0.2) is 18.2 Å². The lowest BCUT2D eigenvalue weighted by Crippen LogP contribution is -2.47. The summed E-state index contributed by atoms with van der Waals surface area (Å²) in [5.41, 5.74) is 3.03. The van der Waals surface area contributed by atoms with E-state index in [1.165, 1.54) is 81.8 Å². The lowest BCUT2D eigenvalue weighted by Gasteiger charge is -2.53. The van der Waals surface area contributed by atoms with Crippen LogP contribution in [0.5, 0.6) is 5.75 Å². The first-order valence-corrected chi connectivity index (χ1v) is 15.7. The summed E-state index contributed by atoms with van der Waals surface area (Å²) >= 11 is 0. The number of phenols is 1. The minimum Gasteiger partial charge on any atom is -0.508 e. The molecule has 3 aliphatic rings. The van der Waals surface area contributed by atoms with E-state index in [-0.39, 0.29) is 11.5 Å². The van der Waals surface area contributed by atoms with Crippen LogP contribution in [-0.2, 0) is 6.42 Å². The third-order valence-corrected chi connectivity index (χ3v) is 11.0. The highest BCUT2D eigenvalue weighted by Crippen LogP contribution is 2.62. The van der Waals surface area contributed by atoms with Crippen LogP contribution in [0.25, 0.3) is 0 Å².